The van der Waals surface area contributed by atoms with Crippen LogP contribution < -0.4 is 15.6 Å². The summed E-state index contributed by atoms with van der Waals surface area (Å²) >= 11 is 0. The van der Waals surface area contributed by atoms with Crippen molar-refractivity contribution in [3.05, 3.63) is 59.2 Å². The van der Waals surface area contributed by atoms with Gasteiger partial charge in [-0.3, -0.25) is 0 Å². The van der Waals surface area contributed by atoms with Gasteiger partial charge in [-0.25, -0.2) is 10.2 Å². The summed E-state index contributed by atoms with van der Waals surface area (Å²) in [4.78, 5) is 14.4. The van der Waals surface area contributed by atoms with E-state index in [2.05, 4.69) is 46.7 Å². The molecule has 0 saturated carbocycles. The molecular formula is C21H26N4O. The zero-order valence-electron chi connectivity index (χ0n) is 15.5. The van der Waals surface area contributed by atoms with Crippen molar-refractivity contribution in [1.29, 1.82) is 0 Å². The fraction of sp³-hybridized carbons (Fsp3) is 0.333. The lowest BCUT2D eigenvalue weighted by molar-refractivity contribution is 0.252. The van der Waals surface area contributed by atoms with Crippen LogP contribution in [-0.2, 0) is 6.42 Å². The molecule has 1 fully saturated rings. The van der Waals surface area contributed by atoms with Crippen LogP contribution in [0.5, 0.6) is 0 Å². The molecule has 0 bridgehead atoms. The minimum absolute atomic E-state index is 0.340. The molecule has 5 heteroatoms. The number of anilines is 2. The number of nitrogens with zero attached hydrogens (tertiary/aromatic N) is 2. The van der Waals surface area contributed by atoms with Gasteiger partial charge in [0.15, 0.2) is 0 Å². The summed E-state index contributed by atoms with van der Waals surface area (Å²) in [7, 11) is 0. The molecule has 0 aromatic heterocycles. The molecule has 2 aromatic rings. The Hall–Kier alpha value is -2.82. The number of nitrogens with one attached hydrogen (secondary N) is 2. The number of hydrogen-bond acceptors (Lipinski definition) is 3. The lowest BCUT2D eigenvalue weighted by Crippen LogP contribution is -2.24. The van der Waals surface area contributed by atoms with E-state index in [1.54, 1.807) is 6.21 Å². The SMILES string of the molecule is CCc1ccccc1NC(=O)N/N=C\c1ccc(N2CCCC2)c(C)c1. The topological polar surface area (TPSA) is 56.7 Å². The molecule has 0 atom stereocenters. The van der Waals surface area contributed by atoms with Gasteiger partial charge in [-0.05, 0) is 61.1 Å². The van der Waals surface area contributed by atoms with E-state index in [0.29, 0.717) is 0 Å². The Bertz CT molecular complexity index is 794. The zero-order valence-corrected chi connectivity index (χ0v) is 15.5. The average molecular weight is 350 g/mol. The third-order valence-electron chi connectivity index (χ3n) is 4.69. The van der Waals surface area contributed by atoms with Gasteiger partial charge in [-0.15, -0.1) is 0 Å². The average Bonchev–Trinajstić information content (AvgIpc) is 3.16. The van der Waals surface area contributed by atoms with Crippen molar-refractivity contribution >= 4 is 23.6 Å². The number of benzene rings is 2. The quantitative estimate of drug-likeness (QED) is 0.623. The standard InChI is InChI=1S/C21H26N4O/c1-3-18-8-4-5-9-19(18)23-21(26)24-22-15-17-10-11-20(16(2)14-17)25-12-6-7-13-25/h4-5,8-11,14-15H,3,6-7,12-13H2,1-2H3,(H2,23,24,26)/b22-15-. The summed E-state index contributed by atoms with van der Waals surface area (Å²) in [6.45, 7) is 6.45. The van der Waals surface area contributed by atoms with Gasteiger partial charge < -0.3 is 10.2 Å². The van der Waals surface area contributed by atoms with Crippen LogP contribution in [0.15, 0.2) is 47.6 Å². The summed E-state index contributed by atoms with van der Waals surface area (Å²) in [5.74, 6) is 0. The molecule has 26 heavy (non-hydrogen) atoms. The van der Waals surface area contributed by atoms with Crippen LogP contribution >= 0.6 is 0 Å². The van der Waals surface area contributed by atoms with E-state index in [4.69, 9.17) is 0 Å². The van der Waals surface area contributed by atoms with Gasteiger partial charge in [0.2, 0.25) is 0 Å². The van der Waals surface area contributed by atoms with Gasteiger partial charge in [0.1, 0.15) is 0 Å². The van der Waals surface area contributed by atoms with Crippen molar-refractivity contribution in [2.24, 2.45) is 5.10 Å². The van der Waals surface area contributed by atoms with Gasteiger partial charge in [0.05, 0.1) is 6.21 Å². The number of amides is 2. The molecular weight excluding hydrogens is 324 g/mol. The summed E-state index contributed by atoms with van der Waals surface area (Å²) in [5, 5.41) is 6.90. The molecule has 0 radical (unpaired) electrons. The highest BCUT2D eigenvalue weighted by Gasteiger charge is 2.14. The number of carbonyl (C=O) groups is 1. The van der Waals surface area contributed by atoms with E-state index in [0.717, 1.165) is 36.3 Å². The van der Waals surface area contributed by atoms with Crippen molar-refractivity contribution in [3.63, 3.8) is 0 Å². The second-order valence-corrected chi connectivity index (χ2v) is 6.57. The van der Waals surface area contributed by atoms with Gasteiger partial charge in [0, 0.05) is 24.5 Å². The van der Waals surface area contributed by atoms with Crippen molar-refractivity contribution in [2.45, 2.75) is 33.1 Å². The molecule has 1 heterocycles. The third-order valence-corrected chi connectivity index (χ3v) is 4.69. The van der Waals surface area contributed by atoms with E-state index in [-0.39, 0.29) is 6.03 Å². The highest BCUT2D eigenvalue weighted by atomic mass is 16.2. The molecule has 0 spiro atoms. The van der Waals surface area contributed by atoms with Gasteiger partial charge in [-0.2, -0.15) is 5.10 Å². The molecule has 2 N–H and O–H groups in total. The molecule has 1 saturated heterocycles. The van der Waals surface area contributed by atoms with E-state index in [1.807, 2.05) is 30.3 Å². The van der Waals surface area contributed by atoms with Crippen LogP contribution in [0.3, 0.4) is 0 Å². The van der Waals surface area contributed by atoms with Crippen LogP contribution in [0.25, 0.3) is 0 Å². The predicted molar refractivity (Wildman–Crippen MR) is 108 cm³/mol. The second kappa shape index (κ2) is 8.52. The van der Waals surface area contributed by atoms with Crippen LogP contribution in [0.1, 0.15) is 36.5 Å². The fourth-order valence-electron chi connectivity index (χ4n) is 3.34. The normalized spacial score (nSPS) is 14.0. The highest BCUT2D eigenvalue weighted by molar-refractivity contribution is 5.91. The molecule has 2 amide bonds. The number of hydrogen-bond donors (Lipinski definition) is 2. The molecule has 3 rings (SSSR count). The minimum atomic E-state index is -0.340. The summed E-state index contributed by atoms with van der Waals surface area (Å²) < 4.78 is 0. The van der Waals surface area contributed by atoms with E-state index >= 15 is 0 Å². The van der Waals surface area contributed by atoms with Crippen molar-refractivity contribution < 1.29 is 4.79 Å². The first kappa shape index (κ1) is 18.0. The Morgan fingerprint density at radius 3 is 2.69 bits per heavy atom. The summed E-state index contributed by atoms with van der Waals surface area (Å²) in [5.41, 5.74) is 7.94. The van der Waals surface area contributed by atoms with Gasteiger partial charge in [0.25, 0.3) is 0 Å². The zero-order chi connectivity index (χ0) is 18.4. The molecule has 2 aromatic carbocycles. The van der Waals surface area contributed by atoms with E-state index in [9.17, 15) is 4.79 Å². The fourth-order valence-corrected chi connectivity index (χ4v) is 3.34. The number of para-hydroxylation sites is 1. The maximum Gasteiger partial charge on any atom is 0.339 e. The van der Waals surface area contributed by atoms with Gasteiger partial charge >= 0.3 is 6.03 Å². The number of carbonyl (C=O) groups excluding carboxylic acids is 1. The van der Waals surface area contributed by atoms with E-state index < -0.39 is 0 Å². The van der Waals surface area contributed by atoms with Crippen molar-refractivity contribution in [1.82, 2.24) is 5.43 Å². The Morgan fingerprint density at radius 1 is 1.19 bits per heavy atom. The predicted octanol–water partition coefficient (Wildman–Crippen LogP) is 4.31. The Kier molecular flexibility index (Phi) is 5.89. The number of aryl methyl sites for hydroxylation is 2. The van der Waals surface area contributed by atoms with Crippen LogP contribution in [-0.4, -0.2) is 25.3 Å². The second-order valence-electron chi connectivity index (χ2n) is 6.57. The maximum absolute atomic E-state index is 12.0. The highest BCUT2D eigenvalue weighted by Crippen LogP contribution is 2.24. The summed E-state index contributed by atoms with van der Waals surface area (Å²) in [6, 6.07) is 13.7. The molecule has 0 aliphatic carbocycles. The van der Waals surface area contributed by atoms with E-state index in [1.165, 1.54) is 24.1 Å². The smallest absolute Gasteiger partial charge is 0.339 e. The molecule has 1 aliphatic rings. The third kappa shape index (κ3) is 4.42. The van der Waals surface area contributed by atoms with Crippen LogP contribution in [0.4, 0.5) is 16.2 Å². The molecule has 136 valence electrons. The Labute approximate surface area is 155 Å². The van der Waals surface area contributed by atoms with Crippen LogP contribution in [0, 0.1) is 6.92 Å². The largest absolute Gasteiger partial charge is 0.371 e. The number of hydrazone groups is 1. The first-order valence-electron chi connectivity index (χ1n) is 9.21. The first-order chi connectivity index (χ1) is 12.7. The Morgan fingerprint density at radius 2 is 1.96 bits per heavy atom. The lowest BCUT2D eigenvalue weighted by atomic mass is 10.1. The number of urea groups is 1. The Balaban J connectivity index is 1.58. The maximum atomic E-state index is 12.0. The van der Waals surface area contributed by atoms with Crippen LogP contribution in [0.2, 0.25) is 0 Å². The monoisotopic (exact) mass is 350 g/mol. The molecule has 0 unspecified atom stereocenters. The van der Waals surface area contributed by atoms with Crippen molar-refractivity contribution in [2.75, 3.05) is 23.3 Å². The molecule has 5 nitrogen and oxygen atoms in total. The molecule has 1 aliphatic heterocycles. The summed E-state index contributed by atoms with van der Waals surface area (Å²) in [6.07, 6.45) is 5.07. The minimum Gasteiger partial charge on any atom is -0.371 e. The number of rotatable bonds is 5. The lowest BCUT2D eigenvalue weighted by Gasteiger charge is -2.20. The first-order valence-corrected chi connectivity index (χ1v) is 9.21. The van der Waals surface area contributed by atoms with Gasteiger partial charge in [-0.1, -0.05) is 31.2 Å². The van der Waals surface area contributed by atoms with Crippen molar-refractivity contribution in [3.8, 4) is 0 Å².